The monoisotopic (exact) mass is 289 g/mol. The van der Waals surface area contributed by atoms with Crippen LogP contribution in [-0.4, -0.2) is 24.0 Å². The average Bonchev–Trinajstić information content (AvgIpc) is 3.28. The average molecular weight is 290 g/mol. The fraction of sp³-hybridized carbons (Fsp3) is 0.333. The molecule has 5 heteroatoms. The van der Waals surface area contributed by atoms with Gasteiger partial charge in [0.15, 0.2) is 0 Å². The van der Waals surface area contributed by atoms with Crippen LogP contribution in [0.15, 0.2) is 30.3 Å². The first kappa shape index (κ1) is 13.2. The number of nitrogens with one attached hydrogen (secondary N) is 2. The van der Waals surface area contributed by atoms with Crippen molar-refractivity contribution in [2.75, 3.05) is 18.4 Å². The quantitative estimate of drug-likeness (QED) is 0.657. The second kappa shape index (κ2) is 5.67. The number of pyridine rings is 1. The van der Waals surface area contributed by atoms with Crippen LogP contribution in [-0.2, 0) is 4.79 Å². The highest BCUT2D eigenvalue weighted by Crippen LogP contribution is 2.28. The molecule has 0 unspecified atom stereocenters. The number of fused-ring (bicyclic) bond motifs is 1. The number of carbonyl (C=O) groups is 1. The number of hydrogen-bond donors (Lipinski definition) is 2. The van der Waals surface area contributed by atoms with Gasteiger partial charge in [0.25, 0.3) is 0 Å². The van der Waals surface area contributed by atoms with Crippen LogP contribution in [0.5, 0.6) is 0 Å². The van der Waals surface area contributed by atoms with E-state index in [1.54, 1.807) is 0 Å². The van der Waals surface area contributed by atoms with E-state index in [0.29, 0.717) is 18.2 Å². The van der Waals surface area contributed by atoms with Crippen molar-refractivity contribution in [2.24, 2.45) is 5.92 Å². The van der Waals surface area contributed by atoms with Gasteiger partial charge in [-0.1, -0.05) is 35.9 Å². The summed E-state index contributed by atoms with van der Waals surface area (Å²) < 4.78 is 0. The molecular weight excluding hydrogens is 274 g/mol. The zero-order valence-electron chi connectivity index (χ0n) is 11.0. The van der Waals surface area contributed by atoms with Crippen molar-refractivity contribution in [3.63, 3.8) is 0 Å². The zero-order valence-corrected chi connectivity index (χ0v) is 11.8. The van der Waals surface area contributed by atoms with Crippen LogP contribution in [0.1, 0.15) is 12.8 Å². The van der Waals surface area contributed by atoms with E-state index in [2.05, 4.69) is 15.6 Å². The van der Waals surface area contributed by atoms with E-state index in [4.69, 9.17) is 11.6 Å². The molecule has 1 amide bonds. The van der Waals surface area contributed by atoms with Gasteiger partial charge in [-0.05, 0) is 24.3 Å². The summed E-state index contributed by atoms with van der Waals surface area (Å²) in [5.74, 6) is 1.15. The summed E-state index contributed by atoms with van der Waals surface area (Å²) in [6.07, 6.45) is 2.06. The molecule has 0 saturated heterocycles. The Kier molecular flexibility index (Phi) is 3.74. The van der Waals surface area contributed by atoms with Crippen molar-refractivity contribution < 1.29 is 4.79 Å². The van der Waals surface area contributed by atoms with Crippen LogP contribution >= 0.6 is 11.6 Å². The molecule has 104 valence electrons. The number of amides is 1. The van der Waals surface area contributed by atoms with Gasteiger partial charge in [-0.2, -0.15) is 0 Å². The maximum absolute atomic E-state index is 11.5. The van der Waals surface area contributed by atoms with Crippen molar-refractivity contribution in [3.05, 3.63) is 35.5 Å². The Morgan fingerprint density at radius 1 is 1.30 bits per heavy atom. The van der Waals surface area contributed by atoms with E-state index in [1.807, 2.05) is 30.3 Å². The van der Waals surface area contributed by atoms with Crippen molar-refractivity contribution in [3.8, 4) is 0 Å². The third-order valence-corrected chi connectivity index (χ3v) is 3.66. The predicted octanol–water partition coefficient (Wildman–Crippen LogP) is 2.83. The number of hydrogen-bond acceptors (Lipinski definition) is 3. The molecule has 1 saturated carbocycles. The number of nitrogens with zero attached hydrogens (tertiary/aromatic N) is 1. The van der Waals surface area contributed by atoms with E-state index in [9.17, 15) is 4.79 Å². The minimum Gasteiger partial charge on any atom is -0.368 e. The van der Waals surface area contributed by atoms with Crippen molar-refractivity contribution in [2.45, 2.75) is 12.8 Å². The standard InChI is InChI=1S/C15H16ClN3O/c16-14-12-4-2-1-3-11(12)9-13(19-14)17-7-8-18-15(20)10-5-6-10/h1-4,9-10H,5-8H2,(H,17,19)(H,18,20). The van der Waals surface area contributed by atoms with Crippen molar-refractivity contribution in [1.82, 2.24) is 10.3 Å². The third-order valence-electron chi connectivity index (χ3n) is 3.37. The Morgan fingerprint density at radius 2 is 2.10 bits per heavy atom. The van der Waals surface area contributed by atoms with Gasteiger partial charge in [-0.3, -0.25) is 4.79 Å². The minimum atomic E-state index is 0.163. The van der Waals surface area contributed by atoms with Gasteiger partial charge in [-0.15, -0.1) is 0 Å². The fourth-order valence-electron chi connectivity index (χ4n) is 2.11. The summed E-state index contributed by atoms with van der Waals surface area (Å²) in [4.78, 5) is 15.8. The smallest absolute Gasteiger partial charge is 0.223 e. The first-order valence-electron chi connectivity index (χ1n) is 6.81. The highest BCUT2D eigenvalue weighted by atomic mass is 35.5. The number of halogens is 1. The minimum absolute atomic E-state index is 0.163. The first-order valence-corrected chi connectivity index (χ1v) is 7.19. The maximum atomic E-state index is 11.5. The largest absolute Gasteiger partial charge is 0.368 e. The molecule has 1 heterocycles. The summed E-state index contributed by atoms with van der Waals surface area (Å²) in [7, 11) is 0. The normalized spacial score (nSPS) is 14.2. The number of aromatic nitrogens is 1. The molecule has 0 radical (unpaired) electrons. The zero-order chi connectivity index (χ0) is 13.9. The number of carbonyl (C=O) groups excluding carboxylic acids is 1. The molecule has 1 aromatic heterocycles. The van der Waals surface area contributed by atoms with Gasteiger partial charge in [0.1, 0.15) is 11.0 Å². The topological polar surface area (TPSA) is 54.0 Å². The summed E-state index contributed by atoms with van der Waals surface area (Å²) in [6, 6.07) is 9.83. The van der Waals surface area contributed by atoms with E-state index in [0.717, 1.165) is 29.4 Å². The lowest BCUT2D eigenvalue weighted by Crippen LogP contribution is -2.29. The Bertz CT molecular complexity index is 640. The number of rotatable bonds is 5. The van der Waals surface area contributed by atoms with E-state index < -0.39 is 0 Å². The molecule has 0 bridgehead atoms. The Balaban J connectivity index is 1.58. The summed E-state index contributed by atoms with van der Waals surface area (Å²) >= 11 is 6.15. The lowest BCUT2D eigenvalue weighted by atomic mass is 10.2. The molecule has 3 rings (SSSR count). The van der Waals surface area contributed by atoms with Crippen LogP contribution < -0.4 is 10.6 Å². The lowest BCUT2D eigenvalue weighted by Gasteiger charge is -2.09. The maximum Gasteiger partial charge on any atom is 0.223 e. The summed E-state index contributed by atoms with van der Waals surface area (Å²) in [6.45, 7) is 1.24. The van der Waals surface area contributed by atoms with Gasteiger partial charge in [0.2, 0.25) is 5.91 Å². The molecule has 2 N–H and O–H groups in total. The Morgan fingerprint density at radius 3 is 2.90 bits per heavy atom. The van der Waals surface area contributed by atoms with Crippen LogP contribution in [0.2, 0.25) is 5.15 Å². The van der Waals surface area contributed by atoms with Gasteiger partial charge in [0, 0.05) is 24.4 Å². The molecule has 1 aliphatic carbocycles. The number of benzene rings is 1. The molecular formula is C15H16ClN3O. The molecule has 0 atom stereocenters. The van der Waals surface area contributed by atoms with Crippen LogP contribution in [0.25, 0.3) is 10.8 Å². The summed E-state index contributed by atoms with van der Waals surface area (Å²) in [5, 5.41) is 8.58. The highest BCUT2D eigenvalue weighted by Gasteiger charge is 2.28. The van der Waals surface area contributed by atoms with E-state index >= 15 is 0 Å². The molecule has 0 aliphatic heterocycles. The van der Waals surface area contributed by atoms with Crippen molar-refractivity contribution in [1.29, 1.82) is 0 Å². The van der Waals surface area contributed by atoms with Crippen LogP contribution in [0.3, 0.4) is 0 Å². The van der Waals surface area contributed by atoms with Crippen molar-refractivity contribution >= 4 is 34.1 Å². The first-order chi connectivity index (χ1) is 9.74. The van der Waals surface area contributed by atoms with Crippen LogP contribution in [0.4, 0.5) is 5.82 Å². The third kappa shape index (κ3) is 3.02. The fourth-order valence-corrected chi connectivity index (χ4v) is 2.38. The van der Waals surface area contributed by atoms with Gasteiger partial charge in [-0.25, -0.2) is 4.98 Å². The highest BCUT2D eigenvalue weighted by molar-refractivity contribution is 6.34. The molecule has 1 fully saturated rings. The Labute approximate surface area is 122 Å². The second-order valence-electron chi connectivity index (χ2n) is 5.01. The van der Waals surface area contributed by atoms with E-state index in [1.165, 1.54) is 0 Å². The lowest BCUT2D eigenvalue weighted by molar-refractivity contribution is -0.122. The molecule has 1 aromatic carbocycles. The molecule has 0 spiro atoms. The molecule has 1 aliphatic rings. The van der Waals surface area contributed by atoms with Crippen LogP contribution in [0, 0.1) is 5.92 Å². The predicted molar refractivity (Wildman–Crippen MR) is 81.0 cm³/mol. The van der Waals surface area contributed by atoms with Gasteiger partial charge >= 0.3 is 0 Å². The van der Waals surface area contributed by atoms with Gasteiger partial charge in [0.05, 0.1) is 0 Å². The summed E-state index contributed by atoms with van der Waals surface area (Å²) in [5.41, 5.74) is 0. The van der Waals surface area contributed by atoms with Gasteiger partial charge < -0.3 is 10.6 Å². The SMILES string of the molecule is O=C(NCCNc1cc2ccccc2c(Cl)n1)C1CC1. The molecule has 2 aromatic rings. The van der Waals surface area contributed by atoms with E-state index in [-0.39, 0.29) is 11.8 Å². The Hall–Kier alpha value is -1.81. The molecule has 20 heavy (non-hydrogen) atoms. The molecule has 4 nitrogen and oxygen atoms in total. The number of anilines is 1. The second-order valence-corrected chi connectivity index (χ2v) is 5.37.